The van der Waals surface area contributed by atoms with Crippen LogP contribution in [-0.4, -0.2) is 70.8 Å². The SMILES string of the molecule is O=C(c1ccc[nH]1)N1CCN(C(=O)C2CCCN(Cc3ccco3)C2)CC1. The molecule has 144 valence electrons. The van der Waals surface area contributed by atoms with E-state index in [1.165, 1.54) is 0 Å². The summed E-state index contributed by atoms with van der Waals surface area (Å²) in [5.41, 5.74) is 0.607. The number of amides is 2. The number of carbonyl (C=O) groups excluding carboxylic acids is 2. The number of H-pyrrole nitrogens is 1. The maximum atomic E-state index is 13.0. The van der Waals surface area contributed by atoms with Gasteiger partial charge >= 0.3 is 0 Å². The summed E-state index contributed by atoms with van der Waals surface area (Å²) in [6.45, 7) is 4.94. The molecule has 4 heterocycles. The Bertz CT molecular complexity index is 748. The Morgan fingerprint density at radius 2 is 1.89 bits per heavy atom. The Balaban J connectivity index is 1.29. The van der Waals surface area contributed by atoms with E-state index in [0.717, 1.165) is 38.2 Å². The molecule has 7 heteroatoms. The van der Waals surface area contributed by atoms with E-state index in [-0.39, 0.29) is 17.7 Å². The third kappa shape index (κ3) is 4.08. The minimum Gasteiger partial charge on any atom is -0.468 e. The number of hydrogen-bond acceptors (Lipinski definition) is 4. The Kier molecular flexibility index (Phi) is 5.29. The number of aromatic nitrogens is 1. The van der Waals surface area contributed by atoms with E-state index in [1.807, 2.05) is 28.0 Å². The van der Waals surface area contributed by atoms with Crippen molar-refractivity contribution in [1.29, 1.82) is 0 Å². The molecule has 2 saturated heterocycles. The average Bonchev–Trinajstić information content (AvgIpc) is 3.41. The quantitative estimate of drug-likeness (QED) is 0.891. The first-order chi connectivity index (χ1) is 13.2. The number of piperazine rings is 1. The summed E-state index contributed by atoms with van der Waals surface area (Å²) in [6.07, 6.45) is 5.41. The van der Waals surface area contributed by atoms with Crippen LogP contribution in [0, 0.1) is 5.92 Å². The van der Waals surface area contributed by atoms with Crippen LogP contribution in [-0.2, 0) is 11.3 Å². The van der Waals surface area contributed by atoms with Crippen LogP contribution in [0.25, 0.3) is 0 Å². The molecule has 0 aliphatic carbocycles. The van der Waals surface area contributed by atoms with E-state index >= 15 is 0 Å². The molecule has 0 spiro atoms. The molecule has 7 nitrogen and oxygen atoms in total. The highest BCUT2D eigenvalue weighted by Gasteiger charge is 2.32. The molecule has 1 unspecified atom stereocenters. The second-order valence-electron chi connectivity index (χ2n) is 7.35. The van der Waals surface area contributed by atoms with Crippen molar-refractivity contribution in [3.05, 3.63) is 48.2 Å². The minimum atomic E-state index is 0.00869. The lowest BCUT2D eigenvalue weighted by Crippen LogP contribution is -2.53. The lowest BCUT2D eigenvalue weighted by atomic mass is 9.96. The van der Waals surface area contributed by atoms with Gasteiger partial charge in [0.1, 0.15) is 11.5 Å². The van der Waals surface area contributed by atoms with Gasteiger partial charge in [0.2, 0.25) is 5.91 Å². The molecular weight excluding hydrogens is 344 g/mol. The third-order valence-corrected chi connectivity index (χ3v) is 5.52. The molecule has 0 bridgehead atoms. The van der Waals surface area contributed by atoms with Gasteiger partial charge in [0.05, 0.1) is 18.7 Å². The van der Waals surface area contributed by atoms with Crippen molar-refractivity contribution in [2.75, 3.05) is 39.3 Å². The molecule has 2 amide bonds. The molecule has 2 aromatic heterocycles. The van der Waals surface area contributed by atoms with Crippen molar-refractivity contribution in [3.63, 3.8) is 0 Å². The van der Waals surface area contributed by atoms with Crippen LogP contribution >= 0.6 is 0 Å². The Morgan fingerprint density at radius 3 is 2.59 bits per heavy atom. The van der Waals surface area contributed by atoms with Gasteiger partial charge in [-0.2, -0.15) is 0 Å². The van der Waals surface area contributed by atoms with E-state index in [2.05, 4.69) is 9.88 Å². The first-order valence-electron chi connectivity index (χ1n) is 9.67. The monoisotopic (exact) mass is 370 g/mol. The minimum absolute atomic E-state index is 0.00869. The second kappa shape index (κ2) is 8.00. The number of carbonyl (C=O) groups is 2. The highest BCUT2D eigenvalue weighted by atomic mass is 16.3. The molecule has 27 heavy (non-hydrogen) atoms. The fraction of sp³-hybridized carbons (Fsp3) is 0.500. The molecule has 1 N–H and O–H groups in total. The smallest absolute Gasteiger partial charge is 0.270 e. The normalized spacial score (nSPS) is 21.4. The fourth-order valence-corrected chi connectivity index (χ4v) is 4.05. The molecule has 1 atom stereocenters. The number of rotatable bonds is 4. The van der Waals surface area contributed by atoms with Crippen molar-refractivity contribution in [3.8, 4) is 0 Å². The van der Waals surface area contributed by atoms with Gasteiger partial charge in [-0.25, -0.2) is 0 Å². The van der Waals surface area contributed by atoms with Crippen LogP contribution in [0.2, 0.25) is 0 Å². The molecule has 2 fully saturated rings. The molecule has 4 rings (SSSR count). The summed E-state index contributed by atoms with van der Waals surface area (Å²) in [4.78, 5) is 34.4. The van der Waals surface area contributed by atoms with Gasteiger partial charge in [0.25, 0.3) is 5.91 Å². The summed E-state index contributed by atoms with van der Waals surface area (Å²) >= 11 is 0. The van der Waals surface area contributed by atoms with Crippen molar-refractivity contribution in [2.24, 2.45) is 5.92 Å². The highest BCUT2D eigenvalue weighted by Crippen LogP contribution is 2.21. The summed E-state index contributed by atoms with van der Waals surface area (Å²) in [5.74, 6) is 1.22. The Labute approximate surface area is 158 Å². The summed E-state index contributed by atoms with van der Waals surface area (Å²) in [6, 6.07) is 7.49. The van der Waals surface area contributed by atoms with E-state index in [1.54, 1.807) is 18.5 Å². The molecule has 2 aromatic rings. The van der Waals surface area contributed by atoms with E-state index in [0.29, 0.717) is 31.9 Å². The van der Waals surface area contributed by atoms with E-state index in [4.69, 9.17) is 4.42 Å². The maximum absolute atomic E-state index is 13.0. The number of nitrogens with one attached hydrogen (secondary N) is 1. The highest BCUT2D eigenvalue weighted by molar-refractivity contribution is 5.92. The molecule has 0 saturated carbocycles. The van der Waals surface area contributed by atoms with Crippen LogP contribution in [0.5, 0.6) is 0 Å². The van der Waals surface area contributed by atoms with Gasteiger partial charge in [-0.3, -0.25) is 14.5 Å². The summed E-state index contributed by atoms with van der Waals surface area (Å²) < 4.78 is 5.44. The standard InChI is InChI=1S/C20H26N4O3/c25-19(16-4-2-8-22(14-16)15-17-5-3-13-27-17)23-9-11-24(12-10-23)20(26)18-6-1-7-21-18/h1,3,5-7,13,16,21H,2,4,8-12,14-15H2. The zero-order chi connectivity index (χ0) is 18.6. The molecule has 2 aliphatic rings. The molecule has 0 radical (unpaired) electrons. The lowest BCUT2D eigenvalue weighted by molar-refractivity contribution is -0.139. The first kappa shape index (κ1) is 17.9. The van der Waals surface area contributed by atoms with Gasteiger partial charge in [0.15, 0.2) is 0 Å². The predicted octanol–water partition coefficient (Wildman–Crippen LogP) is 1.80. The zero-order valence-corrected chi connectivity index (χ0v) is 15.5. The Morgan fingerprint density at radius 1 is 1.07 bits per heavy atom. The van der Waals surface area contributed by atoms with Crippen molar-refractivity contribution in [1.82, 2.24) is 19.7 Å². The molecule has 2 aliphatic heterocycles. The number of likely N-dealkylation sites (tertiary alicyclic amines) is 1. The number of nitrogens with zero attached hydrogens (tertiary/aromatic N) is 3. The number of aromatic amines is 1. The maximum Gasteiger partial charge on any atom is 0.270 e. The lowest BCUT2D eigenvalue weighted by Gasteiger charge is -2.38. The number of piperidine rings is 1. The van der Waals surface area contributed by atoms with Crippen LogP contribution in [0.15, 0.2) is 41.1 Å². The van der Waals surface area contributed by atoms with Gasteiger partial charge in [-0.15, -0.1) is 0 Å². The first-order valence-corrected chi connectivity index (χ1v) is 9.67. The largest absolute Gasteiger partial charge is 0.468 e. The van der Waals surface area contributed by atoms with Crippen molar-refractivity contribution >= 4 is 11.8 Å². The summed E-state index contributed by atoms with van der Waals surface area (Å²) in [5, 5.41) is 0. The van der Waals surface area contributed by atoms with Crippen LogP contribution in [0.1, 0.15) is 29.1 Å². The number of hydrogen-bond donors (Lipinski definition) is 1. The molecular formula is C20H26N4O3. The second-order valence-corrected chi connectivity index (χ2v) is 7.35. The van der Waals surface area contributed by atoms with E-state index in [9.17, 15) is 9.59 Å². The Hall–Kier alpha value is -2.54. The average molecular weight is 370 g/mol. The zero-order valence-electron chi connectivity index (χ0n) is 15.5. The van der Waals surface area contributed by atoms with Crippen molar-refractivity contribution < 1.29 is 14.0 Å². The van der Waals surface area contributed by atoms with Crippen LogP contribution in [0.4, 0.5) is 0 Å². The van der Waals surface area contributed by atoms with Crippen LogP contribution in [0.3, 0.4) is 0 Å². The van der Waals surface area contributed by atoms with Crippen molar-refractivity contribution in [2.45, 2.75) is 19.4 Å². The van der Waals surface area contributed by atoms with Crippen LogP contribution < -0.4 is 0 Å². The van der Waals surface area contributed by atoms with Gasteiger partial charge in [-0.05, 0) is 43.7 Å². The van der Waals surface area contributed by atoms with Gasteiger partial charge in [0, 0.05) is 38.9 Å². The predicted molar refractivity (Wildman–Crippen MR) is 100.0 cm³/mol. The third-order valence-electron chi connectivity index (χ3n) is 5.52. The molecule has 0 aromatic carbocycles. The van der Waals surface area contributed by atoms with Gasteiger partial charge in [-0.1, -0.05) is 0 Å². The van der Waals surface area contributed by atoms with Gasteiger partial charge < -0.3 is 19.2 Å². The fourth-order valence-electron chi connectivity index (χ4n) is 4.05. The number of furan rings is 1. The topological polar surface area (TPSA) is 72.8 Å². The van der Waals surface area contributed by atoms with E-state index < -0.39 is 0 Å². The summed E-state index contributed by atoms with van der Waals surface area (Å²) in [7, 11) is 0.